The second-order valence-electron chi connectivity index (χ2n) is 7.67. The van der Waals surface area contributed by atoms with E-state index in [1.54, 1.807) is 19.1 Å². The van der Waals surface area contributed by atoms with Crippen LogP contribution in [-0.4, -0.2) is 36.9 Å². The lowest BCUT2D eigenvalue weighted by Gasteiger charge is -2.31. The van der Waals surface area contributed by atoms with E-state index < -0.39 is 6.10 Å². The SMILES string of the molecule is CCOC(=O)COc1ccccc1C1CCCC(NC[C@H](O)c2cccc(Cl)c2)C1. The lowest BCUT2D eigenvalue weighted by molar-refractivity contribution is -0.145. The fourth-order valence-electron chi connectivity index (χ4n) is 4.06. The van der Waals surface area contributed by atoms with Crippen LogP contribution in [0.3, 0.4) is 0 Å². The van der Waals surface area contributed by atoms with Crippen molar-refractivity contribution in [3.63, 3.8) is 0 Å². The Morgan fingerprint density at radius 3 is 2.87 bits per heavy atom. The molecule has 30 heavy (non-hydrogen) atoms. The van der Waals surface area contributed by atoms with E-state index >= 15 is 0 Å². The van der Waals surface area contributed by atoms with Gasteiger partial charge in [-0.05, 0) is 61.4 Å². The molecule has 3 rings (SSSR count). The molecule has 1 aliphatic rings. The second-order valence-corrected chi connectivity index (χ2v) is 8.11. The maximum absolute atomic E-state index is 11.7. The van der Waals surface area contributed by atoms with Crippen LogP contribution in [0.2, 0.25) is 5.02 Å². The minimum absolute atomic E-state index is 0.0783. The molecule has 0 bridgehead atoms. The standard InChI is InChI=1S/C24H30ClNO4/c1-2-29-24(28)16-30-23-12-4-3-11-21(23)17-7-6-10-20(14-17)26-15-22(27)18-8-5-9-19(25)13-18/h3-5,8-9,11-13,17,20,22,26-27H,2,6-7,10,14-16H2,1H3/t17?,20?,22-/m0/s1. The summed E-state index contributed by atoms with van der Waals surface area (Å²) in [5.74, 6) is 0.735. The molecule has 2 aromatic rings. The van der Waals surface area contributed by atoms with Crippen molar-refractivity contribution in [1.82, 2.24) is 5.32 Å². The number of halogens is 1. The van der Waals surface area contributed by atoms with E-state index in [0.29, 0.717) is 30.1 Å². The van der Waals surface area contributed by atoms with Gasteiger partial charge in [0.25, 0.3) is 0 Å². The third-order valence-electron chi connectivity index (χ3n) is 5.52. The van der Waals surface area contributed by atoms with E-state index in [9.17, 15) is 9.90 Å². The molecule has 1 fully saturated rings. The number of ether oxygens (including phenoxy) is 2. The highest BCUT2D eigenvalue weighted by atomic mass is 35.5. The van der Waals surface area contributed by atoms with Gasteiger partial charge in [-0.15, -0.1) is 0 Å². The Bertz CT molecular complexity index is 828. The fraction of sp³-hybridized carbons (Fsp3) is 0.458. The van der Waals surface area contributed by atoms with Crippen LogP contribution < -0.4 is 10.1 Å². The number of nitrogens with one attached hydrogen (secondary N) is 1. The van der Waals surface area contributed by atoms with Crippen LogP contribution in [0.4, 0.5) is 0 Å². The maximum atomic E-state index is 11.7. The van der Waals surface area contributed by atoms with Gasteiger partial charge in [0, 0.05) is 17.6 Å². The van der Waals surface area contributed by atoms with Gasteiger partial charge in [0.2, 0.25) is 0 Å². The molecule has 0 aromatic heterocycles. The van der Waals surface area contributed by atoms with Crippen LogP contribution in [0.1, 0.15) is 55.8 Å². The van der Waals surface area contributed by atoms with E-state index in [4.69, 9.17) is 21.1 Å². The first-order valence-corrected chi connectivity index (χ1v) is 11.0. The molecule has 2 N–H and O–H groups in total. The monoisotopic (exact) mass is 431 g/mol. The summed E-state index contributed by atoms with van der Waals surface area (Å²) in [7, 11) is 0. The van der Waals surface area contributed by atoms with Gasteiger partial charge in [-0.2, -0.15) is 0 Å². The van der Waals surface area contributed by atoms with Crippen molar-refractivity contribution < 1.29 is 19.4 Å². The van der Waals surface area contributed by atoms with Gasteiger partial charge in [-0.3, -0.25) is 0 Å². The molecular formula is C24H30ClNO4. The zero-order valence-corrected chi connectivity index (χ0v) is 18.1. The zero-order chi connectivity index (χ0) is 21.3. The number of para-hydroxylation sites is 1. The summed E-state index contributed by atoms with van der Waals surface area (Å²) in [6, 6.07) is 15.6. The van der Waals surface area contributed by atoms with Crippen LogP contribution in [-0.2, 0) is 9.53 Å². The third kappa shape index (κ3) is 6.46. The summed E-state index contributed by atoms with van der Waals surface area (Å²) in [5.41, 5.74) is 1.95. The Balaban J connectivity index is 1.57. The topological polar surface area (TPSA) is 67.8 Å². The van der Waals surface area contributed by atoms with Gasteiger partial charge in [0.1, 0.15) is 5.75 Å². The Kier molecular flexibility index (Phi) is 8.55. The van der Waals surface area contributed by atoms with E-state index in [-0.39, 0.29) is 12.6 Å². The minimum atomic E-state index is -0.593. The lowest BCUT2D eigenvalue weighted by Crippen LogP contribution is -2.36. The number of aliphatic hydroxyl groups excluding tert-OH is 1. The number of hydrogen-bond acceptors (Lipinski definition) is 5. The Morgan fingerprint density at radius 1 is 1.23 bits per heavy atom. The summed E-state index contributed by atoms with van der Waals surface area (Å²) in [6.07, 6.45) is 3.62. The molecule has 5 nitrogen and oxygen atoms in total. The van der Waals surface area contributed by atoms with Crippen LogP contribution in [0.25, 0.3) is 0 Å². The predicted molar refractivity (Wildman–Crippen MR) is 118 cm³/mol. The van der Waals surface area contributed by atoms with E-state index in [2.05, 4.69) is 11.4 Å². The predicted octanol–water partition coefficient (Wildman–Crippen LogP) is 4.63. The summed E-state index contributed by atoms with van der Waals surface area (Å²) in [6.45, 7) is 2.54. The molecule has 1 aliphatic carbocycles. The summed E-state index contributed by atoms with van der Waals surface area (Å²) >= 11 is 6.03. The molecule has 0 heterocycles. The molecular weight excluding hydrogens is 402 g/mol. The highest BCUT2D eigenvalue weighted by Gasteiger charge is 2.26. The number of esters is 1. The fourth-order valence-corrected chi connectivity index (χ4v) is 4.25. The molecule has 3 atom stereocenters. The quantitative estimate of drug-likeness (QED) is 0.566. The molecule has 6 heteroatoms. The molecule has 2 unspecified atom stereocenters. The van der Waals surface area contributed by atoms with Crippen LogP contribution in [0, 0.1) is 0 Å². The zero-order valence-electron chi connectivity index (χ0n) is 17.4. The highest BCUT2D eigenvalue weighted by Crippen LogP contribution is 2.37. The van der Waals surface area contributed by atoms with Gasteiger partial charge in [-0.1, -0.05) is 48.4 Å². The van der Waals surface area contributed by atoms with Crippen molar-refractivity contribution in [1.29, 1.82) is 0 Å². The van der Waals surface area contributed by atoms with Crippen molar-refractivity contribution in [2.75, 3.05) is 19.8 Å². The Hall–Kier alpha value is -2.08. The largest absolute Gasteiger partial charge is 0.482 e. The number of rotatable bonds is 9. The number of carbonyl (C=O) groups is 1. The summed E-state index contributed by atoms with van der Waals surface area (Å²) < 4.78 is 10.7. The first-order valence-electron chi connectivity index (χ1n) is 10.6. The average Bonchev–Trinajstić information content (AvgIpc) is 2.76. The first kappa shape index (κ1) is 22.6. The molecule has 0 aliphatic heterocycles. The van der Waals surface area contributed by atoms with Gasteiger partial charge in [-0.25, -0.2) is 4.79 Å². The molecule has 1 saturated carbocycles. The van der Waals surface area contributed by atoms with Gasteiger partial charge < -0.3 is 19.9 Å². The van der Waals surface area contributed by atoms with E-state index in [1.165, 1.54) is 0 Å². The minimum Gasteiger partial charge on any atom is -0.482 e. The van der Waals surface area contributed by atoms with Crippen LogP contribution in [0.15, 0.2) is 48.5 Å². The smallest absolute Gasteiger partial charge is 0.344 e. The lowest BCUT2D eigenvalue weighted by atomic mass is 9.81. The number of carbonyl (C=O) groups excluding carboxylic acids is 1. The first-order chi connectivity index (χ1) is 14.6. The van der Waals surface area contributed by atoms with Crippen molar-refractivity contribution in [3.05, 3.63) is 64.7 Å². The van der Waals surface area contributed by atoms with Crippen LogP contribution >= 0.6 is 11.6 Å². The number of aliphatic hydroxyl groups is 1. The molecule has 0 spiro atoms. The van der Waals surface area contributed by atoms with E-state index in [1.807, 2.05) is 30.3 Å². The third-order valence-corrected chi connectivity index (χ3v) is 5.75. The molecule has 2 aromatic carbocycles. The molecule has 0 radical (unpaired) electrons. The van der Waals surface area contributed by atoms with Gasteiger partial charge >= 0.3 is 5.97 Å². The molecule has 0 saturated heterocycles. The molecule has 0 amide bonds. The van der Waals surface area contributed by atoms with Crippen molar-refractivity contribution in [2.45, 2.75) is 50.7 Å². The number of benzene rings is 2. The van der Waals surface area contributed by atoms with E-state index in [0.717, 1.165) is 42.6 Å². The average molecular weight is 432 g/mol. The second kappa shape index (κ2) is 11.3. The highest BCUT2D eigenvalue weighted by molar-refractivity contribution is 6.30. The molecule has 162 valence electrons. The van der Waals surface area contributed by atoms with Gasteiger partial charge in [0.15, 0.2) is 6.61 Å². The van der Waals surface area contributed by atoms with Gasteiger partial charge in [0.05, 0.1) is 12.7 Å². The summed E-state index contributed by atoms with van der Waals surface area (Å²) in [4.78, 5) is 11.7. The Morgan fingerprint density at radius 2 is 2.07 bits per heavy atom. The van der Waals surface area contributed by atoms with Crippen molar-refractivity contribution >= 4 is 17.6 Å². The maximum Gasteiger partial charge on any atom is 0.344 e. The normalized spacial score (nSPS) is 19.8. The number of hydrogen-bond donors (Lipinski definition) is 2. The van der Waals surface area contributed by atoms with Crippen LogP contribution in [0.5, 0.6) is 5.75 Å². The Labute approximate surface area is 183 Å². The summed E-state index contributed by atoms with van der Waals surface area (Å²) in [5, 5.41) is 14.6. The van der Waals surface area contributed by atoms with Crippen molar-refractivity contribution in [3.8, 4) is 5.75 Å². The van der Waals surface area contributed by atoms with Crippen molar-refractivity contribution in [2.24, 2.45) is 0 Å².